The van der Waals surface area contributed by atoms with Crippen molar-refractivity contribution in [3.63, 3.8) is 0 Å². The van der Waals surface area contributed by atoms with Crippen LogP contribution in [0.1, 0.15) is 32.3 Å². The van der Waals surface area contributed by atoms with E-state index in [1.165, 1.54) is 18.4 Å². The van der Waals surface area contributed by atoms with Crippen LogP contribution in [0.4, 0.5) is 5.69 Å². The van der Waals surface area contributed by atoms with Gasteiger partial charge in [-0.1, -0.05) is 22.0 Å². The van der Waals surface area contributed by atoms with E-state index >= 15 is 0 Å². The molecule has 0 unspecified atom stereocenters. The number of nitrogens with one attached hydrogen (secondary N) is 2. The second kappa shape index (κ2) is 5.61. The van der Waals surface area contributed by atoms with Crippen molar-refractivity contribution < 1.29 is 4.79 Å². The summed E-state index contributed by atoms with van der Waals surface area (Å²) in [5, 5.41) is 6.46. The van der Waals surface area contributed by atoms with Gasteiger partial charge in [0.2, 0.25) is 5.91 Å². The number of hydrogen-bond donors (Lipinski definition) is 2. The Bertz CT molecular complexity index is 554. The topological polar surface area (TPSA) is 44.4 Å². The minimum atomic E-state index is -0.508. The first-order valence-electron chi connectivity index (χ1n) is 7.56. The summed E-state index contributed by atoms with van der Waals surface area (Å²) >= 11 is 3.67. The molecule has 1 aromatic carbocycles. The molecule has 2 N–H and O–H groups in total. The van der Waals surface area contributed by atoms with E-state index in [9.17, 15) is 4.79 Å². The predicted molar refractivity (Wildman–Crippen MR) is 88.4 cm³/mol. The number of nitrogens with zero attached hydrogens (tertiary/aromatic N) is 1. The Kier molecular flexibility index (Phi) is 3.97. The molecule has 3 rings (SSSR count). The van der Waals surface area contributed by atoms with E-state index in [1.807, 2.05) is 13.8 Å². The zero-order valence-electron chi connectivity index (χ0n) is 12.6. The van der Waals surface area contributed by atoms with Crippen LogP contribution in [-0.2, 0) is 11.3 Å². The normalized spacial score (nSPS) is 21.3. The molecule has 1 aliphatic heterocycles. The van der Waals surface area contributed by atoms with Gasteiger partial charge in [-0.15, -0.1) is 0 Å². The molecule has 2 fully saturated rings. The van der Waals surface area contributed by atoms with Gasteiger partial charge in [0.15, 0.2) is 0 Å². The van der Waals surface area contributed by atoms with Crippen LogP contribution in [0.5, 0.6) is 0 Å². The highest BCUT2D eigenvalue weighted by Gasteiger charge is 2.37. The third-order valence-corrected chi connectivity index (χ3v) is 5.10. The van der Waals surface area contributed by atoms with Crippen LogP contribution in [0, 0.1) is 0 Å². The maximum absolute atomic E-state index is 12.1. The van der Waals surface area contributed by atoms with Crippen LogP contribution < -0.4 is 15.5 Å². The van der Waals surface area contributed by atoms with E-state index in [4.69, 9.17) is 0 Å². The van der Waals surface area contributed by atoms with Crippen LogP contribution in [0.25, 0.3) is 0 Å². The molecule has 0 atom stereocenters. The van der Waals surface area contributed by atoms with Crippen LogP contribution in [-0.4, -0.2) is 30.6 Å². The number of halogens is 1. The molecule has 0 bridgehead atoms. The Hall–Kier alpha value is -1.07. The maximum Gasteiger partial charge on any atom is 0.245 e. The number of benzene rings is 1. The Morgan fingerprint density at radius 1 is 1.43 bits per heavy atom. The first-order chi connectivity index (χ1) is 9.98. The van der Waals surface area contributed by atoms with E-state index in [1.54, 1.807) is 0 Å². The average molecular weight is 352 g/mol. The van der Waals surface area contributed by atoms with E-state index in [-0.39, 0.29) is 5.91 Å². The second-order valence-electron chi connectivity index (χ2n) is 6.40. The third-order valence-electron chi connectivity index (χ3n) is 4.36. The molecule has 21 heavy (non-hydrogen) atoms. The van der Waals surface area contributed by atoms with E-state index in [2.05, 4.69) is 49.7 Å². The number of carbonyl (C=O) groups excluding carboxylic acids is 1. The number of anilines is 1. The number of carbonyl (C=O) groups is 1. The molecular formula is C16H22BrN3O. The summed E-state index contributed by atoms with van der Waals surface area (Å²) in [6.45, 7) is 6.38. The molecule has 1 saturated carbocycles. The summed E-state index contributed by atoms with van der Waals surface area (Å²) in [6, 6.07) is 7.11. The Morgan fingerprint density at radius 2 is 2.19 bits per heavy atom. The number of piperazine rings is 1. The van der Waals surface area contributed by atoms with Gasteiger partial charge in [0.25, 0.3) is 0 Å². The van der Waals surface area contributed by atoms with Crippen molar-refractivity contribution in [1.29, 1.82) is 0 Å². The molecule has 1 aliphatic carbocycles. The summed E-state index contributed by atoms with van der Waals surface area (Å²) in [6.07, 6.45) is 2.60. The first-order valence-corrected chi connectivity index (χ1v) is 8.35. The highest BCUT2D eigenvalue weighted by atomic mass is 79.9. The van der Waals surface area contributed by atoms with Gasteiger partial charge in [0.05, 0.1) is 0 Å². The van der Waals surface area contributed by atoms with Crippen LogP contribution in [0.2, 0.25) is 0 Å². The summed E-state index contributed by atoms with van der Waals surface area (Å²) in [4.78, 5) is 14.2. The van der Waals surface area contributed by atoms with E-state index in [0.717, 1.165) is 23.2 Å². The lowest BCUT2D eigenvalue weighted by molar-refractivity contribution is -0.126. The molecule has 1 heterocycles. The van der Waals surface area contributed by atoms with Crippen LogP contribution in [0.15, 0.2) is 22.7 Å². The standard InChI is InChI=1S/C16H22BrN3O/c1-16(2)15(21)18-7-8-20(16)13-6-3-11(14(17)9-13)10-19-12-4-5-12/h3,6,9,12,19H,4-5,7-8,10H2,1-2H3,(H,18,21). The number of rotatable bonds is 4. The van der Waals surface area contributed by atoms with Gasteiger partial charge in [-0.25, -0.2) is 0 Å². The van der Waals surface area contributed by atoms with Gasteiger partial charge in [-0.2, -0.15) is 0 Å². The molecule has 2 aliphatic rings. The minimum Gasteiger partial charge on any atom is -0.356 e. The zero-order valence-corrected chi connectivity index (χ0v) is 14.2. The monoisotopic (exact) mass is 351 g/mol. The molecule has 1 amide bonds. The van der Waals surface area contributed by atoms with Gasteiger partial charge < -0.3 is 15.5 Å². The fraction of sp³-hybridized carbons (Fsp3) is 0.562. The van der Waals surface area contributed by atoms with Crippen molar-refractivity contribution in [2.45, 2.75) is 44.8 Å². The Morgan fingerprint density at radius 3 is 2.86 bits per heavy atom. The largest absolute Gasteiger partial charge is 0.356 e. The summed E-state index contributed by atoms with van der Waals surface area (Å²) < 4.78 is 1.11. The van der Waals surface area contributed by atoms with E-state index < -0.39 is 5.54 Å². The highest BCUT2D eigenvalue weighted by molar-refractivity contribution is 9.10. The molecule has 1 saturated heterocycles. The Balaban J connectivity index is 1.78. The lowest BCUT2D eigenvalue weighted by Crippen LogP contribution is -2.62. The fourth-order valence-electron chi connectivity index (χ4n) is 2.74. The average Bonchev–Trinajstić information content (AvgIpc) is 3.24. The summed E-state index contributed by atoms with van der Waals surface area (Å²) in [7, 11) is 0. The second-order valence-corrected chi connectivity index (χ2v) is 7.25. The third kappa shape index (κ3) is 3.09. The lowest BCUT2D eigenvalue weighted by atomic mass is 9.97. The van der Waals surface area contributed by atoms with Crippen molar-refractivity contribution >= 4 is 27.5 Å². The lowest BCUT2D eigenvalue weighted by Gasteiger charge is -2.43. The molecular weight excluding hydrogens is 330 g/mol. The predicted octanol–water partition coefficient (Wildman–Crippen LogP) is 2.42. The van der Waals surface area contributed by atoms with Gasteiger partial charge >= 0.3 is 0 Å². The van der Waals surface area contributed by atoms with Crippen molar-refractivity contribution in [1.82, 2.24) is 10.6 Å². The highest BCUT2D eigenvalue weighted by Crippen LogP contribution is 2.30. The van der Waals surface area contributed by atoms with Crippen LogP contribution >= 0.6 is 15.9 Å². The molecule has 0 spiro atoms. The van der Waals surface area contributed by atoms with Crippen molar-refractivity contribution in [2.24, 2.45) is 0 Å². The molecule has 1 aromatic rings. The summed E-state index contributed by atoms with van der Waals surface area (Å²) in [5.41, 5.74) is 1.85. The maximum atomic E-state index is 12.1. The van der Waals surface area contributed by atoms with Crippen molar-refractivity contribution in [3.05, 3.63) is 28.2 Å². The zero-order chi connectivity index (χ0) is 15.0. The Labute approximate surface area is 134 Å². The fourth-order valence-corrected chi connectivity index (χ4v) is 3.25. The van der Waals surface area contributed by atoms with Gasteiger partial charge in [0.1, 0.15) is 5.54 Å². The van der Waals surface area contributed by atoms with Gasteiger partial charge in [0, 0.05) is 35.8 Å². The molecule has 4 nitrogen and oxygen atoms in total. The molecule has 114 valence electrons. The molecule has 5 heteroatoms. The van der Waals surface area contributed by atoms with Crippen molar-refractivity contribution in [3.8, 4) is 0 Å². The molecule has 0 aromatic heterocycles. The first kappa shape index (κ1) is 14.9. The quantitative estimate of drug-likeness (QED) is 0.875. The number of hydrogen-bond acceptors (Lipinski definition) is 3. The summed E-state index contributed by atoms with van der Waals surface area (Å²) in [5.74, 6) is 0.0874. The van der Waals surface area contributed by atoms with Crippen molar-refractivity contribution in [2.75, 3.05) is 18.0 Å². The van der Waals surface area contributed by atoms with Gasteiger partial charge in [-0.3, -0.25) is 4.79 Å². The smallest absolute Gasteiger partial charge is 0.245 e. The van der Waals surface area contributed by atoms with Crippen LogP contribution in [0.3, 0.4) is 0 Å². The van der Waals surface area contributed by atoms with Gasteiger partial charge in [-0.05, 0) is 44.4 Å². The van der Waals surface area contributed by atoms with E-state index in [0.29, 0.717) is 12.6 Å². The number of amides is 1. The minimum absolute atomic E-state index is 0.0874. The molecule has 0 radical (unpaired) electrons. The SMILES string of the molecule is CC1(C)C(=O)NCCN1c1ccc(CNC2CC2)c(Br)c1.